The van der Waals surface area contributed by atoms with Gasteiger partial charge in [0.1, 0.15) is 23.4 Å². The molecule has 0 saturated heterocycles. The van der Waals surface area contributed by atoms with Crippen LogP contribution in [-0.4, -0.2) is 37.7 Å². The van der Waals surface area contributed by atoms with Gasteiger partial charge in [-0.15, -0.1) is 0 Å². The number of carbonyl (C=O) groups is 1. The Morgan fingerprint density at radius 1 is 1.19 bits per heavy atom. The van der Waals surface area contributed by atoms with E-state index in [4.69, 9.17) is 0 Å². The van der Waals surface area contributed by atoms with E-state index in [0.29, 0.717) is 33.3 Å². The van der Waals surface area contributed by atoms with Crippen LogP contribution in [0.2, 0.25) is 0 Å². The molecule has 0 aliphatic heterocycles. The first-order chi connectivity index (χ1) is 11.9. The quantitative estimate of drug-likeness (QED) is 0.709. The molecular weight excluding hydrogens is 348 g/mol. The fourth-order valence-electron chi connectivity index (χ4n) is 2.44. The minimum atomic E-state index is -0.289. The molecule has 7 nitrogen and oxygen atoms in total. The number of anilines is 1. The number of H-pyrrole nitrogens is 1. The molecule has 0 bridgehead atoms. The number of aromatic nitrogens is 3. The van der Waals surface area contributed by atoms with Crippen molar-refractivity contribution in [1.29, 1.82) is 5.26 Å². The van der Waals surface area contributed by atoms with E-state index in [-0.39, 0.29) is 22.7 Å². The molecule has 2 aromatic rings. The van der Waals surface area contributed by atoms with Crippen LogP contribution >= 0.6 is 11.8 Å². The number of hydrogen-bond acceptors (Lipinski definition) is 6. The van der Waals surface area contributed by atoms with Crippen LogP contribution in [0.25, 0.3) is 11.0 Å². The maximum absolute atomic E-state index is 12.1. The lowest BCUT2D eigenvalue weighted by atomic mass is 10.1. The summed E-state index contributed by atoms with van der Waals surface area (Å²) in [6, 6.07) is 2.23. The summed E-state index contributed by atoms with van der Waals surface area (Å²) < 4.78 is 0. The molecule has 0 aliphatic rings. The number of nitrogens with zero attached hydrogens (tertiary/aromatic N) is 3. The molecule has 2 rings (SSSR count). The molecule has 0 aliphatic carbocycles. The normalized spacial score (nSPS) is 12.1. The molecule has 0 unspecified atom stereocenters. The van der Waals surface area contributed by atoms with Gasteiger partial charge < -0.3 is 15.6 Å². The van der Waals surface area contributed by atoms with Crippen molar-refractivity contribution in [2.24, 2.45) is 0 Å². The molecule has 2 aromatic heterocycles. The van der Waals surface area contributed by atoms with Gasteiger partial charge in [0.25, 0.3) is 0 Å². The van der Waals surface area contributed by atoms with Gasteiger partial charge in [-0.05, 0) is 48.5 Å². The van der Waals surface area contributed by atoms with Crippen molar-refractivity contribution in [3.63, 3.8) is 0 Å². The number of thioether (sulfide) groups is 1. The molecule has 26 heavy (non-hydrogen) atoms. The van der Waals surface area contributed by atoms with Gasteiger partial charge in [0.05, 0.1) is 21.7 Å². The van der Waals surface area contributed by atoms with Crippen LogP contribution in [0.1, 0.15) is 52.9 Å². The minimum absolute atomic E-state index is 0.0830. The summed E-state index contributed by atoms with van der Waals surface area (Å²) in [6.07, 6.45) is 0. The Hall–Kier alpha value is -2.27. The predicted molar refractivity (Wildman–Crippen MR) is 105 cm³/mol. The fourth-order valence-corrected chi connectivity index (χ4v) is 3.24. The molecular formula is C18H26N6OS. The smallest absolute Gasteiger partial charge is 0.230 e. The molecule has 0 radical (unpaired) electrons. The highest BCUT2D eigenvalue weighted by molar-refractivity contribution is 8.00. The van der Waals surface area contributed by atoms with E-state index in [2.05, 4.69) is 31.7 Å². The summed E-state index contributed by atoms with van der Waals surface area (Å²) in [6.45, 7) is 13.7. The Morgan fingerprint density at radius 2 is 1.85 bits per heavy atom. The van der Waals surface area contributed by atoms with Crippen molar-refractivity contribution >= 4 is 34.5 Å². The number of amides is 1. The van der Waals surface area contributed by atoms with E-state index in [1.54, 1.807) is 0 Å². The maximum atomic E-state index is 12.1. The van der Waals surface area contributed by atoms with Gasteiger partial charge >= 0.3 is 0 Å². The number of hydrogen-bond donors (Lipinski definition) is 3. The largest absolute Gasteiger partial charge is 0.365 e. The van der Waals surface area contributed by atoms with Crippen LogP contribution in [0.15, 0.2) is 5.03 Å². The molecule has 3 N–H and O–H groups in total. The molecule has 140 valence electrons. The van der Waals surface area contributed by atoms with Gasteiger partial charge in [0, 0.05) is 11.1 Å². The van der Waals surface area contributed by atoms with Gasteiger partial charge in [0.2, 0.25) is 5.91 Å². The summed E-state index contributed by atoms with van der Waals surface area (Å²) in [4.78, 5) is 24.1. The first kappa shape index (κ1) is 20.0. The molecule has 0 atom stereocenters. The summed E-state index contributed by atoms with van der Waals surface area (Å²) in [7, 11) is 0. The van der Waals surface area contributed by atoms with Gasteiger partial charge in [-0.1, -0.05) is 11.8 Å². The van der Waals surface area contributed by atoms with Gasteiger partial charge in [-0.25, -0.2) is 9.97 Å². The number of carbonyl (C=O) groups excluding carboxylic acids is 1. The topological polar surface area (TPSA) is 106 Å². The Morgan fingerprint density at radius 3 is 2.38 bits per heavy atom. The first-order valence-electron chi connectivity index (χ1n) is 8.42. The van der Waals surface area contributed by atoms with E-state index < -0.39 is 0 Å². The van der Waals surface area contributed by atoms with E-state index in [1.165, 1.54) is 11.8 Å². The van der Waals surface area contributed by atoms with Crippen LogP contribution < -0.4 is 10.6 Å². The predicted octanol–water partition coefficient (Wildman–Crippen LogP) is 3.36. The molecule has 8 heteroatoms. The lowest BCUT2D eigenvalue weighted by Gasteiger charge is -2.22. The highest BCUT2D eigenvalue weighted by Gasteiger charge is 2.22. The molecule has 0 aromatic carbocycles. The van der Waals surface area contributed by atoms with Crippen LogP contribution in [0, 0.1) is 18.3 Å². The highest BCUT2D eigenvalue weighted by Crippen LogP contribution is 2.33. The molecule has 0 saturated carbocycles. The zero-order valence-electron chi connectivity index (χ0n) is 16.4. The molecule has 2 heterocycles. The van der Waals surface area contributed by atoms with E-state index in [1.807, 2.05) is 48.5 Å². The van der Waals surface area contributed by atoms with E-state index in [0.717, 1.165) is 0 Å². The van der Waals surface area contributed by atoms with Crippen LogP contribution in [0.4, 0.5) is 5.82 Å². The zero-order chi connectivity index (χ0) is 19.7. The molecule has 0 spiro atoms. The van der Waals surface area contributed by atoms with Crippen molar-refractivity contribution in [1.82, 2.24) is 20.3 Å². The monoisotopic (exact) mass is 374 g/mol. The third-order valence-corrected chi connectivity index (χ3v) is 4.20. The number of aryl methyl sites for hydroxylation is 1. The maximum Gasteiger partial charge on any atom is 0.230 e. The van der Waals surface area contributed by atoms with Gasteiger partial charge in [-0.2, -0.15) is 5.26 Å². The molecule has 0 fully saturated rings. The van der Waals surface area contributed by atoms with Crippen LogP contribution in [0.3, 0.4) is 0 Å². The summed E-state index contributed by atoms with van der Waals surface area (Å²) in [5.74, 6) is 1.36. The van der Waals surface area contributed by atoms with Crippen molar-refractivity contribution in [2.45, 2.75) is 64.6 Å². The standard InChI is InChI=1S/C18H26N6OS/c1-10-20-14-13(15(21-10)24-18(5,6)7)11(8-19)16(22-14)26-9-12(25)23-17(2,3)4/h9H2,1-7H3,(H,23,25)(H2,20,21,22,24). The van der Waals surface area contributed by atoms with E-state index in [9.17, 15) is 10.1 Å². The summed E-state index contributed by atoms with van der Waals surface area (Å²) in [5, 5.41) is 17.2. The fraction of sp³-hybridized carbons (Fsp3) is 0.556. The lowest BCUT2D eigenvalue weighted by Crippen LogP contribution is -2.41. The van der Waals surface area contributed by atoms with Crippen molar-refractivity contribution in [3.05, 3.63) is 11.4 Å². The van der Waals surface area contributed by atoms with Crippen LogP contribution in [-0.2, 0) is 4.79 Å². The average Bonchev–Trinajstić information content (AvgIpc) is 2.79. The van der Waals surface area contributed by atoms with E-state index >= 15 is 0 Å². The van der Waals surface area contributed by atoms with Crippen molar-refractivity contribution in [2.75, 3.05) is 11.1 Å². The van der Waals surface area contributed by atoms with Gasteiger partial charge in [-0.3, -0.25) is 4.79 Å². The molecule has 1 amide bonds. The second-order valence-corrected chi connectivity index (χ2v) is 9.23. The number of nitrogens with one attached hydrogen (secondary N) is 3. The number of fused-ring (bicyclic) bond motifs is 1. The third-order valence-electron chi connectivity index (χ3n) is 3.20. The number of nitriles is 1. The Bertz CT molecular complexity index is 867. The van der Waals surface area contributed by atoms with Gasteiger partial charge in [0.15, 0.2) is 0 Å². The minimum Gasteiger partial charge on any atom is -0.365 e. The Balaban J connectivity index is 2.39. The second kappa shape index (κ2) is 7.16. The second-order valence-electron chi connectivity index (χ2n) is 8.25. The zero-order valence-corrected chi connectivity index (χ0v) is 17.2. The number of aromatic amines is 1. The SMILES string of the molecule is Cc1nc(NC(C)(C)C)c2c(C#N)c(SCC(=O)NC(C)(C)C)[nH]c2n1. The Labute approximate surface area is 158 Å². The van der Waals surface area contributed by atoms with Crippen molar-refractivity contribution < 1.29 is 4.79 Å². The highest BCUT2D eigenvalue weighted by atomic mass is 32.2. The average molecular weight is 375 g/mol. The summed E-state index contributed by atoms with van der Waals surface area (Å²) in [5.41, 5.74) is 0.556. The summed E-state index contributed by atoms with van der Waals surface area (Å²) >= 11 is 1.29. The third kappa shape index (κ3) is 5.11. The number of rotatable bonds is 4. The van der Waals surface area contributed by atoms with Crippen LogP contribution in [0.5, 0.6) is 0 Å². The Kier molecular flexibility index (Phi) is 5.52. The van der Waals surface area contributed by atoms with Crippen molar-refractivity contribution in [3.8, 4) is 6.07 Å². The first-order valence-corrected chi connectivity index (χ1v) is 9.40. The lowest BCUT2D eigenvalue weighted by molar-refractivity contribution is -0.119.